The van der Waals surface area contributed by atoms with Gasteiger partial charge in [0.1, 0.15) is 0 Å². The van der Waals surface area contributed by atoms with Gasteiger partial charge in [0.15, 0.2) is 11.5 Å². The number of ether oxygens (including phenoxy) is 2. The highest BCUT2D eigenvalue weighted by molar-refractivity contribution is 5.43. The van der Waals surface area contributed by atoms with Crippen molar-refractivity contribution >= 4 is 0 Å². The summed E-state index contributed by atoms with van der Waals surface area (Å²) in [5.41, 5.74) is 1.22. The Balaban J connectivity index is 2.55. The topological polar surface area (TPSA) is 50.7 Å². The molecule has 0 aliphatic rings. The Morgan fingerprint density at radius 1 is 1.10 bits per heavy atom. The molecule has 0 amide bonds. The van der Waals surface area contributed by atoms with Gasteiger partial charge in [0.25, 0.3) is 0 Å². The van der Waals surface area contributed by atoms with Gasteiger partial charge in [-0.2, -0.15) is 0 Å². The van der Waals surface area contributed by atoms with E-state index in [0.717, 1.165) is 30.8 Å². The van der Waals surface area contributed by atoms with Gasteiger partial charge < -0.3 is 19.9 Å². The molecule has 0 aliphatic carbocycles. The first-order chi connectivity index (χ1) is 9.60. The molecule has 114 valence electrons. The molecule has 2 N–H and O–H groups in total. The molecule has 4 heteroatoms. The van der Waals surface area contributed by atoms with Crippen molar-refractivity contribution in [3.05, 3.63) is 23.8 Å². The van der Waals surface area contributed by atoms with Crippen molar-refractivity contribution < 1.29 is 14.6 Å². The second kappa shape index (κ2) is 8.82. The number of rotatable bonds is 9. The average molecular weight is 281 g/mol. The summed E-state index contributed by atoms with van der Waals surface area (Å²) in [6, 6.07) is 6.82. The molecule has 0 bridgehead atoms. The fraction of sp³-hybridized carbons (Fsp3) is 0.625. The van der Waals surface area contributed by atoms with E-state index in [4.69, 9.17) is 14.6 Å². The first-order valence-electron chi connectivity index (χ1n) is 7.18. The molecule has 0 fully saturated rings. The minimum absolute atomic E-state index is 0.260. The first kappa shape index (κ1) is 16.8. The standard InChI is InChI=1S/C16H27NO3/c1-12(6-5-9-18)17-13(2)10-14-7-8-15(19-3)16(11-14)20-4/h7-8,11-13,17-18H,5-6,9-10H2,1-4H3. The van der Waals surface area contributed by atoms with Gasteiger partial charge in [-0.3, -0.25) is 0 Å². The van der Waals surface area contributed by atoms with Crippen LogP contribution in [0.3, 0.4) is 0 Å². The highest BCUT2D eigenvalue weighted by atomic mass is 16.5. The molecule has 0 aromatic heterocycles. The Bertz CT molecular complexity index is 395. The van der Waals surface area contributed by atoms with E-state index >= 15 is 0 Å². The Hall–Kier alpha value is -1.26. The molecule has 0 aliphatic heterocycles. The summed E-state index contributed by atoms with van der Waals surface area (Å²) >= 11 is 0. The van der Waals surface area contributed by atoms with Crippen LogP contribution in [0.2, 0.25) is 0 Å². The number of aliphatic hydroxyl groups is 1. The van der Waals surface area contributed by atoms with E-state index in [-0.39, 0.29) is 6.61 Å². The molecule has 0 spiro atoms. The lowest BCUT2D eigenvalue weighted by molar-refractivity contribution is 0.274. The van der Waals surface area contributed by atoms with Crippen LogP contribution in [-0.4, -0.2) is 38.0 Å². The van der Waals surface area contributed by atoms with Crippen molar-refractivity contribution in [3.8, 4) is 11.5 Å². The summed E-state index contributed by atoms with van der Waals surface area (Å²) in [6.45, 7) is 4.59. The van der Waals surface area contributed by atoms with Gasteiger partial charge in [-0.05, 0) is 50.8 Å². The summed E-state index contributed by atoms with van der Waals surface area (Å²) in [5, 5.41) is 12.4. The zero-order valence-corrected chi connectivity index (χ0v) is 13.0. The monoisotopic (exact) mass is 281 g/mol. The van der Waals surface area contributed by atoms with Crippen molar-refractivity contribution in [3.63, 3.8) is 0 Å². The molecular weight excluding hydrogens is 254 g/mol. The number of benzene rings is 1. The quantitative estimate of drug-likeness (QED) is 0.730. The van der Waals surface area contributed by atoms with E-state index in [1.165, 1.54) is 5.56 Å². The van der Waals surface area contributed by atoms with Gasteiger partial charge in [0.2, 0.25) is 0 Å². The Morgan fingerprint density at radius 2 is 1.80 bits per heavy atom. The highest BCUT2D eigenvalue weighted by Gasteiger charge is 2.10. The van der Waals surface area contributed by atoms with Crippen LogP contribution in [0.4, 0.5) is 0 Å². The second-order valence-electron chi connectivity index (χ2n) is 5.23. The van der Waals surface area contributed by atoms with E-state index in [1.807, 2.05) is 12.1 Å². The number of hydrogen-bond donors (Lipinski definition) is 2. The summed E-state index contributed by atoms with van der Waals surface area (Å²) in [5.74, 6) is 1.53. The predicted molar refractivity (Wildman–Crippen MR) is 81.6 cm³/mol. The SMILES string of the molecule is COc1ccc(CC(C)NC(C)CCCO)cc1OC. The Labute approximate surface area is 122 Å². The van der Waals surface area contributed by atoms with Crippen molar-refractivity contribution in [1.82, 2.24) is 5.32 Å². The second-order valence-corrected chi connectivity index (χ2v) is 5.23. The molecule has 2 atom stereocenters. The van der Waals surface area contributed by atoms with Crippen LogP contribution in [0, 0.1) is 0 Å². The minimum Gasteiger partial charge on any atom is -0.493 e. The van der Waals surface area contributed by atoms with Crippen molar-refractivity contribution in [2.75, 3.05) is 20.8 Å². The molecule has 20 heavy (non-hydrogen) atoms. The molecule has 0 saturated heterocycles. The maximum atomic E-state index is 8.84. The largest absolute Gasteiger partial charge is 0.493 e. The van der Waals surface area contributed by atoms with E-state index in [0.29, 0.717) is 12.1 Å². The lowest BCUT2D eigenvalue weighted by Gasteiger charge is -2.20. The minimum atomic E-state index is 0.260. The normalized spacial score (nSPS) is 13.8. The number of aliphatic hydroxyl groups excluding tert-OH is 1. The predicted octanol–water partition coefficient (Wildman–Crippen LogP) is 2.39. The maximum Gasteiger partial charge on any atom is 0.160 e. The van der Waals surface area contributed by atoms with E-state index in [1.54, 1.807) is 14.2 Å². The van der Waals surface area contributed by atoms with Crippen LogP contribution >= 0.6 is 0 Å². The van der Waals surface area contributed by atoms with Gasteiger partial charge in [-0.15, -0.1) is 0 Å². The van der Waals surface area contributed by atoms with E-state index in [9.17, 15) is 0 Å². The molecule has 0 radical (unpaired) electrons. The summed E-state index contributed by atoms with van der Waals surface area (Å²) < 4.78 is 10.6. The van der Waals surface area contributed by atoms with Crippen LogP contribution in [0.15, 0.2) is 18.2 Å². The molecule has 0 saturated carbocycles. The third kappa shape index (κ3) is 5.39. The summed E-state index contributed by atoms with van der Waals surface area (Å²) in [7, 11) is 3.30. The molecule has 0 heterocycles. The smallest absolute Gasteiger partial charge is 0.160 e. The fourth-order valence-electron chi connectivity index (χ4n) is 2.39. The molecular formula is C16H27NO3. The van der Waals surface area contributed by atoms with Crippen LogP contribution in [-0.2, 0) is 6.42 Å². The van der Waals surface area contributed by atoms with Crippen molar-refractivity contribution in [2.45, 2.75) is 45.2 Å². The number of hydrogen-bond acceptors (Lipinski definition) is 4. The van der Waals surface area contributed by atoms with Gasteiger partial charge >= 0.3 is 0 Å². The molecule has 1 aromatic rings. The third-order valence-corrected chi connectivity index (χ3v) is 3.35. The Morgan fingerprint density at radius 3 is 2.40 bits per heavy atom. The summed E-state index contributed by atoms with van der Waals surface area (Å²) in [4.78, 5) is 0. The summed E-state index contributed by atoms with van der Waals surface area (Å²) in [6.07, 6.45) is 2.77. The van der Waals surface area contributed by atoms with E-state index in [2.05, 4.69) is 25.2 Å². The fourth-order valence-corrected chi connectivity index (χ4v) is 2.39. The first-order valence-corrected chi connectivity index (χ1v) is 7.18. The van der Waals surface area contributed by atoms with Crippen LogP contribution in [0.1, 0.15) is 32.3 Å². The molecule has 4 nitrogen and oxygen atoms in total. The van der Waals surface area contributed by atoms with Crippen LogP contribution in [0.5, 0.6) is 11.5 Å². The van der Waals surface area contributed by atoms with E-state index < -0.39 is 0 Å². The zero-order chi connectivity index (χ0) is 15.0. The molecule has 2 unspecified atom stereocenters. The number of nitrogens with one attached hydrogen (secondary N) is 1. The van der Waals surface area contributed by atoms with Gasteiger partial charge in [-0.25, -0.2) is 0 Å². The van der Waals surface area contributed by atoms with Crippen LogP contribution < -0.4 is 14.8 Å². The Kier molecular flexibility index (Phi) is 7.41. The van der Waals surface area contributed by atoms with Gasteiger partial charge in [-0.1, -0.05) is 6.07 Å². The zero-order valence-electron chi connectivity index (χ0n) is 13.0. The lowest BCUT2D eigenvalue weighted by Crippen LogP contribution is -2.36. The number of methoxy groups -OCH3 is 2. The maximum absolute atomic E-state index is 8.84. The van der Waals surface area contributed by atoms with Gasteiger partial charge in [0, 0.05) is 18.7 Å². The third-order valence-electron chi connectivity index (χ3n) is 3.35. The van der Waals surface area contributed by atoms with Gasteiger partial charge in [0.05, 0.1) is 14.2 Å². The highest BCUT2D eigenvalue weighted by Crippen LogP contribution is 2.27. The lowest BCUT2D eigenvalue weighted by atomic mass is 10.0. The molecule has 1 rings (SSSR count). The molecule has 1 aromatic carbocycles. The van der Waals surface area contributed by atoms with Crippen molar-refractivity contribution in [1.29, 1.82) is 0 Å². The average Bonchev–Trinajstić information content (AvgIpc) is 2.44. The van der Waals surface area contributed by atoms with Crippen LogP contribution in [0.25, 0.3) is 0 Å². The van der Waals surface area contributed by atoms with Crippen molar-refractivity contribution in [2.24, 2.45) is 0 Å².